The van der Waals surface area contributed by atoms with E-state index >= 15 is 0 Å². The van der Waals surface area contributed by atoms with E-state index in [9.17, 15) is 9.59 Å². The van der Waals surface area contributed by atoms with Gasteiger partial charge in [-0.2, -0.15) is 4.98 Å². The molecule has 0 aliphatic carbocycles. The van der Waals surface area contributed by atoms with Gasteiger partial charge in [-0.1, -0.05) is 13.0 Å². The average Bonchev–Trinajstić information content (AvgIpc) is 3.51. The maximum atomic E-state index is 13.5. The van der Waals surface area contributed by atoms with Gasteiger partial charge in [0.15, 0.2) is 11.5 Å². The fourth-order valence-electron chi connectivity index (χ4n) is 4.27. The van der Waals surface area contributed by atoms with Crippen molar-refractivity contribution in [1.29, 1.82) is 0 Å². The summed E-state index contributed by atoms with van der Waals surface area (Å²) in [6, 6.07) is 6.55. The molecule has 1 N–H and O–H groups in total. The number of fused-ring (bicyclic) bond motifs is 1. The van der Waals surface area contributed by atoms with Gasteiger partial charge >= 0.3 is 6.09 Å². The molecule has 2 aliphatic heterocycles. The van der Waals surface area contributed by atoms with Crippen LogP contribution in [0.4, 0.5) is 10.7 Å². The van der Waals surface area contributed by atoms with Crippen molar-refractivity contribution in [2.75, 3.05) is 37.7 Å². The van der Waals surface area contributed by atoms with Crippen molar-refractivity contribution in [1.82, 2.24) is 29.7 Å². The Bertz CT molecular complexity index is 1270. The molecule has 4 heterocycles. The Kier molecular flexibility index (Phi) is 7.57. The number of benzene rings is 1. The van der Waals surface area contributed by atoms with Gasteiger partial charge in [0, 0.05) is 38.2 Å². The summed E-state index contributed by atoms with van der Waals surface area (Å²) in [6.07, 6.45) is 6.71. The first-order valence-electron chi connectivity index (χ1n) is 12.7. The molecule has 38 heavy (non-hydrogen) atoms. The van der Waals surface area contributed by atoms with E-state index in [0.717, 1.165) is 5.56 Å². The molecule has 3 aromatic rings. The van der Waals surface area contributed by atoms with Crippen LogP contribution in [0, 0.1) is 0 Å². The van der Waals surface area contributed by atoms with Gasteiger partial charge < -0.3 is 24.4 Å². The number of hydrogen-bond acceptors (Lipinski definition) is 9. The average molecular weight is 522 g/mol. The SMILES string of the molecule is CCC(C)OC(=O)N1CCN(c2nccc(-n3ccnc3)n2)CC1C(=O)NCc1ccc2c(c1)OCCO2. The topological polar surface area (TPSA) is 124 Å². The van der Waals surface area contributed by atoms with E-state index in [-0.39, 0.29) is 31.6 Å². The van der Waals surface area contributed by atoms with E-state index in [0.29, 0.717) is 49.4 Å². The Morgan fingerprint density at radius 3 is 2.79 bits per heavy atom. The number of ether oxygens (including phenoxy) is 3. The Morgan fingerprint density at radius 1 is 1.16 bits per heavy atom. The van der Waals surface area contributed by atoms with Crippen molar-refractivity contribution in [3.8, 4) is 17.3 Å². The summed E-state index contributed by atoms with van der Waals surface area (Å²) in [4.78, 5) is 43.0. The highest BCUT2D eigenvalue weighted by atomic mass is 16.6. The third kappa shape index (κ3) is 5.63. The van der Waals surface area contributed by atoms with Crippen LogP contribution >= 0.6 is 0 Å². The smallest absolute Gasteiger partial charge is 0.410 e. The van der Waals surface area contributed by atoms with E-state index in [1.165, 1.54) is 4.90 Å². The van der Waals surface area contributed by atoms with E-state index in [4.69, 9.17) is 14.2 Å². The minimum absolute atomic E-state index is 0.218. The van der Waals surface area contributed by atoms with Gasteiger partial charge in [0.2, 0.25) is 11.9 Å². The summed E-state index contributed by atoms with van der Waals surface area (Å²) in [6.45, 7) is 6.00. The normalized spacial score (nSPS) is 17.6. The number of nitrogens with one attached hydrogen (secondary N) is 1. The first-order chi connectivity index (χ1) is 18.5. The molecule has 12 nitrogen and oxygen atoms in total. The summed E-state index contributed by atoms with van der Waals surface area (Å²) in [7, 11) is 0. The Hall–Kier alpha value is -4.35. The van der Waals surface area contributed by atoms with Crippen LogP contribution < -0.4 is 19.7 Å². The number of carbonyl (C=O) groups excluding carboxylic acids is 2. The Labute approximate surface area is 220 Å². The van der Waals surface area contributed by atoms with Crippen LogP contribution in [0.2, 0.25) is 0 Å². The number of aromatic nitrogens is 4. The predicted octanol–water partition coefficient (Wildman–Crippen LogP) is 2.18. The lowest BCUT2D eigenvalue weighted by Gasteiger charge is -2.40. The zero-order valence-corrected chi connectivity index (χ0v) is 21.4. The molecular weight excluding hydrogens is 490 g/mol. The molecule has 1 fully saturated rings. The highest BCUT2D eigenvalue weighted by Gasteiger charge is 2.37. The summed E-state index contributed by atoms with van der Waals surface area (Å²) in [5, 5.41) is 2.97. The molecule has 0 bridgehead atoms. The molecule has 5 rings (SSSR count). The first-order valence-corrected chi connectivity index (χ1v) is 12.7. The van der Waals surface area contributed by atoms with Crippen molar-refractivity contribution >= 4 is 17.9 Å². The van der Waals surface area contributed by atoms with E-state index in [1.54, 1.807) is 35.6 Å². The van der Waals surface area contributed by atoms with E-state index in [2.05, 4.69) is 20.3 Å². The highest BCUT2D eigenvalue weighted by Crippen LogP contribution is 2.30. The molecule has 0 spiro atoms. The number of hydrogen-bond donors (Lipinski definition) is 1. The largest absolute Gasteiger partial charge is 0.486 e. The summed E-state index contributed by atoms with van der Waals surface area (Å²) < 4.78 is 18.6. The van der Waals surface area contributed by atoms with Gasteiger partial charge in [0.05, 0.1) is 6.54 Å². The zero-order chi connectivity index (χ0) is 26.5. The number of amides is 2. The second kappa shape index (κ2) is 11.4. The second-order valence-electron chi connectivity index (χ2n) is 9.14. The molecular formula is C26H31N7O5. The maximum absolute atomic E-state index is 13.5. The molecule has 1 aromatic carbocycles. The van der Waals surface area contributed by atoms with Gasteiger partial charge in [0.1, 0.15) is 37.5 Å². The highest BCUT2D eigenvalue weighted by molar-refractivity contribution is 5.86. The van der Waals surface area contributed by atoms with Gasteiger partial charge in [0.25, 0.3) is 0 Å². The molecule has 0 radical (unpaired) electrons. The van der Waals surface area contributed by atoms with Crippen molar-refractivity contribution < 1.29 is 23.8 Å². The Balaban J connectivity index is 1.32. The molecule has 1 saturated heterocycles. The van der Waals surface area contributed by atoms with Gasteiger partial charge in [-0.05, 0) is 37.1 Å². The lowest BCUT2D eigenvalue weighted by atomic mass is 10.1. The number of carbonyl (C=O) groups is 2. The van der Waals surface area contributed by atoms with E-state index in [1.807, 2.05) is 36.9 Å². The number of rotatable bonds is 7. The fourth-order valence-corrected chi connectivity index (χ4v) is 4.27. The lowest BCUT2D eigenvalue weighted by molar-refractivity contribution is -0.126. The predicted molar refractivity (Wildman–Crippen MR) is 137 cm³/mol. The third-order valence-corrected chi connectivity index (χ3v) is 6.55. The molecule has 200 valence electrons. The number of piperazine rings is 1. The van der Waals surface area contributed by atoms with Crippen molar-refractivity contribution in [2.24, 2.45) is 0 Å². The minimum atomic E-state index is -0.794. The number of anilines is 1. The minimum Gasteiger partial charge on any atom is -0.486 e. The van der Waals surface area contributed by atoms with Crippen molar-refractivity contribution in [3.63, 3.8) is 0 Å². The lowest BCUT2D eigenvalue weighted by Crippen LogP contribution is -2.61. The standard InChI is InChI=1S/C26H31N7O5/c1-3-18(2)38-26(35)33-11-10-31(25-28-7-6-23(30-25)32-9-8-27-17-32)16-20(33)24(34)29-15-19-4-5-21-22(14-19)37-13-12-36-21/h4-9,14,17-18,20H,3,10-13,15-16H2,1-2H3,(H,29,34). The Morgan fingerprint density at radius 2 is 2.00 bits per heavy atom. The van der Waals surface area contributed by atoms with Crippen LogP contribution in [0.15, 0.2) is 49.2 Å². The number of imidazole rings is 1. The maximum Gasteiger partial charge on any atom is 0.410 e. The van der Waals surface area contributed by atoms with Crippen molar-refractivity contribution in [2.45, 2.75) is 39.0 Å². The van der Waals surface area contributed by atoms with Crippen LogP contribution in [-0.4, -0.2) is 81.4 Å². The quantitative estimate of drug-likeness (QED) is 0.498. The molecule has 0 saturated carbocycles. The monoisotopic (exact) mass is 521 g/mol. The van der Waals surface area contributed by atoms with Crippen LogP contribution in [0.1, 0.15) is 25.8 Å². The van der Waals surface area contributed by atoms with Crippen molar-refractivity contribution in [3.05, 3.63) is 54.7 Å². The first kappa shape index (κ1) is 25.3. The number of nitrogens with zero attached hydrogens (tertiary/aromatic N) is 6. The van der Waals surface area contributed by atoms with Gasteiger partial charge in [-0.25, -0.2) is 14.8 Å². The van der Waals surface area contributed by atoms with Crippen LogP contribution in [0.25, 0.3) is 5.82 Å². The molecule has 2 amide bonds. The van der Waals surface area contributed by atoms with E-state index < -0.39 is 12.1 Å². The third-order valence-electron chi connectivity index (χ3n) is 6.55. The molecule has 2 aliphatic rings. The van der Waals surface area contributed by atoms with Gasteiger partial charge in [-0.3, -0.25) is 14.3 Å². The second-order valence-corrected chi connectivity index (χ2v) is 9.14. The molecule has 2 aromatic heterocycles. The molecule has 12 heteroatoms. The molecule has 2 unspecified atom stereocenters. The van der Waals surface area contributed by atoms with Crippen LogP contribution in [0.5, 0.6) is 11.5 Å². The summed E-state index contributed by atoms with van der Waals surface area (Å²) in [5.74, 6) is 2.17. The summed E-state index contributed by atoms with van der Waals surface area (Å²) in [5.41, 5.74) is 0.861. The summed E-state index contributed by atoms with van der Waals surface area (Å²) >= 11 is 0. The fraction of sp³-hybridized carbons (Fsp3) is 0.423. The zero-order valence-electron chi connectivity index (χ0n) is 21.4. The van der Waals surface area contributed by atoms with Crippen LogP contribution in [-0.2, 0) is 16.1 Å². The van der Waals surface area contributed by atoms with Crippen LogP contribution in [0.3, 0.4) is 0 Å². The van der Waals surface area contributed by atoms with Gasteiger partial charge in [-0.15, -0.1) is 0 Å². The molecule has 2 atom stereocenters.